The van der Waals surface area contributed by atoms with E-state index in [1.807, 2.05) is 0 Å². The molecule has 1 fully saturated rings. The number of piperidine rings is 1. The largest absolute Gasteiger partial charge is 0.465 e. The Bertz CT molecular complexity index is 757. The Morgan fingerprint density at radius 3 is 2.36 bits per heavy atom. The summed E-state index contributed by atoms with van der Waals surface area (Å²) in [6.45, 7) is 0.243. The number of esters is 1. The van der Waals surface area contributed by atoms with Crippen molar-refractivity contribution in [2.45, 2.75) is 23.0 Å². The molecule has 0 atom stereocenters. The van der Waals surface area contributed by atoms with Gasteiger partial charge in [0, 0.05) is 19.3 Å². The van der Waals surface area contributed by atoms with Crippen LogP contribution in [0.25, 0.3) is 0 Å². The van der Waals surface area contributed by atoms with Crippen LogP contribution in [0.5, 0.6) is 0 Å². The van der Waals surface area contributed by atoms with E-state index in [4.69, 9.17) is 0 Å². The molecule has 0 aromatic carbocycles. The predicted octanol–water partition coefficient (Wildman–Crippen LogP) is 0.732. The summed E-state index contributed by atoms with van der Waals surface area (Å²) in [6, 6.07) is 1.37. The maximum Gasteiger partial charge on any atom is 0.349 e. The summed E-state index contributed by atoms with van der Waals surface area (Å²) in [4.78, 5) is 11.6. The van der Waals surface area contributed by atoms with Gasteiger partial charge in [0.15, 0.2) is 0 Å². The molecule has 1 saturated heterocycles. The smallest absolute Gasteiger partial charge is 0.349 e. The van der Waals surface area contributed by atoms with Crippen molar-refractivity contribution in [3.8, 4) is 0 Å². The summed E-state index contributed by atoms with van der Waals surface area (Å²) >= 11 is 1.00. The Morgan fingerprint density at radius 2 is 1.86 bits per heavy atom. The lowest BCUT2D eigenvalue weighted by molar-refractivity contribution is 0.0602. The van der Waals surface area contributed by atoms with Crippen molar-refractivity contribution < 1.29 is 26.4 Å². The van der Waals surface area contributed by atoms with Crippen molar-refractivity contribution in [1.29, 1.82) is 0 Å². The predicted molar refractivity (Wildman–Crippen MR) is 82.3 cm³/mol. The second kappa shape index (κ2) is 6.26. The van der Waals surface area contributed by atoms with Crippen LogP contribution in [0.1, 0.15) is 22.5 Å². The molecule has 0 N–H and O–H groups in total. The Balaban J connectivity index is 2.23. The van der Waals surface area contributed by atoms with E-state index >= 15 is 0 Å². The van der Waals surface area contributed by atoms with Gasteiger partial charge in [0.2, 0.25) is 10.0 Å². The van der Waals surface area contributed by atoms with E-state index in [0.29, 0.717) is 0 Å². The maximum absolute atomic E-state index is 12.6. The molecule has 2 heterocycles. The monoisotopic (exact) mass is 367 g/mol. The van der Waals surface area contributed by atoms with Crippen LogP contribution >= 0.6 is 11.3 Å². The van der Waals surface area contributed by atoms with E-state index in [0.717, 1.165) is 17.6 Å². The molecular weight excluding hydrogens is 350 g/mol. The Labute approximate surface area is 133 Å². The zero-order chi connectivity index (χ0) is 16.5. The molecule has 124 valence electrons. The highest BCUT2D eigenvalue weighted by atomic mass is 32.2. The van der Waals surface area contributed by atoms with E-state index in [-0.39, 0.29) is 35.7 Å². The highest BCUT2D eigenvalue weighted by Gasteiger charge is 2.35. The number of methoxy groups -OCH3 is 1. The summed E-state index contributed by atoms with van der Waals surface area (Å²) in [5, 5.41) is 1.00. The van der Waals surface area contributed by atoms with Gasteiger partial charge < -0.3 is 4.74 Å². The van der Waals surface area contributed by atoms with Gasteiger partial charge in [-0.3, -0.25) is 0 Å². The van der Waals surface area contributed by atoms with Gasteiger partial charge in [0.1, 0.15) is 19.6 Å². The van der Waals surface area contributed by atoms with Crippen molar-refractivity contribution in [2.75, 3.05) is 26.5 Å². The maximum atomic E-state index is 12.6. The second-order valence-electron chi connectivity index (χ2n) is 5.04. The zero-order valence-electron chi connectivity index (χ0n) is 12.2. The van der Waals surface area contributed by atoms with Gasteiger partial charge in [-0.2, -0.15) is 4.31 Å². The fourth-order valence-electron chi connectivity index (χ4n) is 2.38. The van der Waals surface area contributed by atoms with Crippen LogP contribution < -0.4 is 0 Å². The van der Waals surface area contributed by atoms with Crippen molar-refractivity contribution in [1.82, 2.24) is 4.31 Å². The highest BCUT2D eigenvalue weighted by molar-refractivity contribution is 7.91. The van der Waals surface area contributed by atoms with Gasteiger partial charge in [0.05, 0.1) is 12.4 Å². The van der Waals surface area contributed by atoms with Crippen LogP contribution in [-0.2, 0) is 24.6 Å². The molecule has 22 heavy (non-hydrogen) atoms. The molecule has 0 unspecified atom stereocenters. The van der Waals surface area contributed by atoms with E-state index in [9.17, 15) is 21.6 Å². The quantitative estimate of drug-likeness (QED) is 0.728. The lowest BCUT2D eigenvalue weighted by Crippen LogP contribution is -2.42. The number of sulfonamides is 1. The van der Waals surface area contributed by atoms with Crippen molar-refractivity contribution in [2.24, 2.45) is 0 Å². The van der Waals surface area contributed by atoms with Crippen LogP contribution in [0.4, 0.5) is 0 Å². The summed E-state index contributed by atoms with van der Waals surface area (Å²) in [5.41, 5.74) is 0. The van der Waals surface area contributed by atoms with Crippen LogP contribution in [0, 0.1) is 0 Å². The molecule has 1 aliphatic heterocycles. The molecule has 0 bridgehead atoms. The fraction of sp³-hybridized carbons (Fsp3) is 0.583. The summed E-state index contributed by atoms with van der Waals surface area (Å²) < 4.78 is 54.1. The lowest BCUT2D eigenvalue weighted by atomic mass is 10.2. The summed E-state index contributed by atoms with van der Waals surface area (Å²) in [7, 11) is -5.80. The fourth-order valence-corrected chi connectivity index (χ4v) is 6.23. The van der Waals surface area contributed by atoms with Gasteiger partial charge in [0.25, 0.3) is 0 Å². The first kappa shape index (κ1) is 17.4. The molecule has 1 aromatic heterocycles. The molecule has 2 rings (SSSR count). The van der Waals surface area contributed by atoms with E-state index in [1.54, 1.807) is 0 Å². The standard InChI is InChI=1S/C12H17NO6S3/c1-19-12(14)11-10(5-8-20-11)22(17,18)13-6-3-9(4-7-13)21(2,15)16/h5,8-9H,3-4,6-7H2,1-2H3. The Hall–Kier alpha value is -0.970. The van der Waals surface area contributed by atoms with Crippen LogP contribution in [0.2, 0.25) is 0 Å². The molecule has 1 aromatic rings. The van der Waals surface area contributed by atoms with Gasteiger partial charge in [-0.05, 0) is 24.3 Å². The minimum Gasteiger partial charge on any atom is -0.465 e. The number of hydrogen-bond acceptors (Lipinski definition) is 7. The van der Waals surface area contributed by atoms with E-state index < -0.39 is 31.1 Å². The molecule has 1 aliphatic rings. The average molecular weight is 367 g/mol. The molecule has 0 spiro atoms. The number of ether oxygens (including phenoxy) is 1. The number of sulfone groups is 1. The molecule has 0 amide bonds. The SMILES string of the molecule is COC(=O)c1sccc1S(=O)(=O)N1CCC(S(C)(=O)=O)CC1. The normalized spacial score (nSPS) is 18.3. The minimum absolute atomic E-state index is 0.0349. The highest BCUT2D eigenvalue weighted by Crippen LogP contribution is 2.28. The van der Waals surface area contributed by atoms with Crippen molar-refractivity contribution in [3.05, 3.63) is 16.3 Å². The second-order valence-corrected chi connectivity index (χ2v) is 10.2. The number of carbonyl (C=O) groups is 1. The third-order valence-corrected chi connectivity index (χ3v) is 8.27. The molecule has 7 nitrogen and oxygen atoms in total. The Kier molecular flexibility index (Phi) is 4.95. The van der Waals surface area contributed by atoms with E-state index in [1.165, 1.54) is 22.9 Å². The van der Waals surface area contributed by atoms with Crippen LogP contribution in [-0.4, -0.2) is 58.8 Å². The van der Waals surface area contributed by atoms with Crippen molar-refractivity contribution >= 4 is 37.2 Å². The third kappa shape index (κ3) is 3.34. The van der Waals surface area contributed by atoms with Gasteiger partial charge in [-0.25, -0.2) is 21.6 Å². The molecule has 0 radical (unpaired) electrons. The molecule has 0 aliphatic carbocycles. The zero-order valence-corrected chi connectivity index (χ0v) is 14.6. The first-order chi connectivity index (χ1) is 10.2. The number of nitrogens with zero attached hydrogens (tertiary/aromatic N) is 1. The lowest BCUT2D eigenvalue weighted by Gasteiger charge is -2.30. The van der Waals surface area contributed by atoms with Crippen LogP contribution in [0.3, 0.4) is 0 Å². The first-order valence-corrected chi connectivity index (χ1v) is 10.8. The number of hydrogen-bond donors (Lipinski definition) is 0. The van der Waals surface area contributed by atoms with E-state index in [2.05, 4.69) is 4.74 Å². The third-order valence-electron chi connectivity index (χ3n) is 3.62. The Morgan fingerprint density at radius 1 is 1.27 bits per heavy atom. The van der Waals surface area contributed by atoms with Crippen LogP contribution in [0.15, 0.2) is 16.3 Å². The average Bonchev–Trinajstić information content (AvgIpc) is 2.96. The van der Waals surface area contributed by atoms with Gasteiger partial charge >= 0.3 is 5.97 Å². The summed E-state index contributed by atoms with van der Waals surface area (Å²) in [5.74, 6) is -0.695. The van der Waals surface area contributed by atoms with Gasteiger partial charge in [-0.15, -0.1) is 11.3 Å². The first-order valence-electron chi connectivity index (χ1n) is 6.52. The topological polar surface area (TPSA) is 97.8 Å². The van der Waals surface area contributed by atoms with Crippen molar-refractivity contribution in [3.63, 3.8) is 0 Å². The molecular formula is C12H17NO6S3. The number of rotatable bonds is 4. The number of thiophene rings is 1. The van der Waals surface area contributed by atoms with Gasteiger partial charge in [-0.1, -0.05) is 0 Å². The number of carbonyl (C=O) groups excluding carboxylic acids is 1. The summed E-state index contributed by atoms with van der Waals surface area (Å²) in [6.07, 6.45) is 1.68. The molecule has 0 saturated carbocycles. The molecule has 10 heteroatoms. The minimum atomic E-state index is -3.83.